The van der Waals surface area contributed by atoms with Gasteiger partial charge in [-0.3, -0.25) is 4.79 Å². The Morgan fingerprint density at radius 1 is 1.29 bits per heavy atom. The molecular formula is C17H15N7O3S. The number of primary amides is 2. The molecule has 142 valence electrons. The highest BCUT2D eigenvalue weighted by molar-refractivity contribution is 7.21. The molecule has 0 saturated carbocycles. The van der Waals surface area contributed by atoms with E-state index in [0.717, 1.165) is 11.3 Å². The van der Waals surface area contributed by atoms with Crippen LogP contribution < -0.4 is 33.0 Å². The van der Waals surface area contributed by atoms with Crippen LogP contribution in [-0.4, -0.2) is 24.0 Å². The molecule has 3 rings (SSSR count). The standard InChI is InChI=1S/C17H15N7O3S/c1-27-9-3-2-6(4-8(9)23-17(22)26)10-7(5-18)14(20)24-16-11(10)12(19)13(28-16)15(21)25/h2-4H,19H2,1H3,(H2,20,24)(H2,21,25)(H3,22,23,26). The van der Waals surface area contributed by atoms with Crippen LogP contribution in [0.3, 0.4) is 0 Å². The van der Waals surface area contributed by atoms with Crippen LogP contribution in [0.5, 0.6) is 5.75 Å². The summed E-state index contributed by atoms with van der Waals surface area (Å²) in [5.74, 6) is -0.382. The minimum Gasteiger partial charge on any atom is -0.495 e. The summed E-state index contributed by atoms with van der Waals surface area (Å²) < 4.78 is 5.21. The highest BCUT2D eigenvalue weighted by Crippen LogP contribution is 2.43. The molecule has 2 heterocycles. The minimum atomic E-state index is -0.790. The lowest BCUT2D eigenvalue weighted by Gasteiger charge is -2.13. The number of ether oxygens (including phenoxy) is 1. The number of benzene rings is 1. The molecule has 0 saturated heterocycles. The number of urea groups is 1. The van der Waals surface area contributed by atoms with Gasteiger partial charge in [-0.2, -0.15) is 5.26 Å². The smallest absolute Gasteiger partial charge is 0.316 e. The molecule has 0 radical (unpaired) electrons. The fraction of sp³-hybridized carbons (Fsp3) is 0.0588. The number of nitrogens with zero attached hydrogens (tertiary/aromatic N) is 2. The van der Waals surface area contributed by atoms with Gasteiger partial charge >= 0.3 is 6.03 Å². The predicted octanol–water partition coefficient (Wildman–Crippen LogP) is 1.60. The third kappa shape index (κ3) is 2.97. The maximum Gasteiger partial charge on any atom is 0.316 e. The van der Waals surface area contributed by atoms with Gasteiger partial charge in [0.1, 0.15) is 32.9 Å². The van der Waals surface area contributed by atoms with E-state index in [1.807, 2.05) is 6.07 Å². The van der Waals surface area contributed by atoms with Gasteiger partial charge in [0.05, 0.1) is 18.5 Å². The number of nitrogens with one attached hydrogen (secondary N) is 1. The number of pyridine rings is 1. The molecule has 1 aromatic carbocycles. The average Bonchev–Trinajstić information content (AvgIpc) is 2.96. The number of aromatic nitrogens is 1. The normalized spacial score (nSPS) is 10.4. The van der Waals surface area contributed by atoms with Crippen LogP contribution in [-0.2, 0) is 0 Å². The fourth-order valence-electron chi connectivity index (χ4n) is 2.85. The molecule has 3 aromatic rings. The molecule has 0 aliphatic rings. The Labute approximate surface area is 162 Å². The molecule has 0 fully saturated rings. The van der Waals surface area contributed by atoms with E-state index in [2.05, 4.69) is 10.3 Å². The predicted molar refractivity (Wildman–Crippen MR) is 107 cm³/mol. The summed E-state index contributed by atoms with van der Waals surface area (Å²) in [5, 5.41) is 12.5. The molecule has 2 aromatic heterocycles. The van der Waals surface area contributed by atoms with Gasteiger partial charge in [0.15, 0.2) is 0 Å². The summed E-state index contributed by atoms with van der Waals surface area (Å²) in [7, 11) is 1.43. The van der Waals surface area contributed by atoms with Crippen LogP contribution in [0.1, 0.15) is 15.2 Å². The number of nitrogen functional groups attached to an aromatic ring is 2. The van der Waals surface area contributed by atoms with E-state index in [1.54, 1.807) is 18.2 Å². The van der Waals surface area contributed by atoms with Crippen molar-refractivity contribution >= 4 is 50.7 Å². The first kappa shape index (κ1) is 18.7. The third-order valence-electron chi connectivity index (χ3n) is 3.99. The third-order valence-corrected chi connectivity index (χ3v) is 5.10. The molecule has 0 unspecified atom stereocenters. The first-order chi connectivity index (χ1) is 13.3. The summed E-state index contributed by atoms with van der Waals surface area (Å²) in [4.78, 5) is 27.6. The van der Waals surface area contributed by atoms with Crippen LogP contribution in [0.25, 0.3) is 21.3 Å². The Hall–Kier alpha value is -4.04. The van der Waals surface area contributed by atoms with Gasteiger partial charge in [-0.1, -0.05) is 6.07 Å². The molecule has 0 aliphatic carbocycles. The molecule has 11 heteroatoms. The number of amides is 3. The zero-order chi connectivity index (χ0) is 20.6. The highest BCUT2D eigenvalue weighted by atomic mass is 32.1. The Morgan fingerprint density at radius 3 is 2.57 bits per heavy atom. The number of carbonyl (C=O) groups excluding carboxylic acids is 2. The topological polar surface area (TPSA) is 196 Å². The summed E-state index contributed by atoms with van der Waals surface area (Å²) in [5.41, 5.74) is 24.0. The largest absolute Gasteiger partial charge is 0.495 e. The zero-order valence-corrected chi connectivity index (χ0v) is 15.4. The van der Waals surface area contributed by atoms with Gasteiger partial charge in [0, 0.05) is 10.9 Å². The Morgan fingerprint density at radius 2 is 2.00 bits per heavy atom. The van der Waals surface area contributed by atoms with Crippen LogP contribution in [0.15, 0.2) is 18.2 Å². The van der Waals surface area contributed by atoms with E-state index in [0.29, 0.717) is 27.1 Å². The van der Waals surface area contributed by atoms with Gasteiger partial charge in [0.2, 0.25) is 0 Å². The lowest BCUT2D eigenvalue weighted by atomic mass is 9.96. The van der Waals surface area contributed by atoms with E-state index < -0.39 is 11.9 Å². The van der Waals surface area contributed by atoms with Gasteiger partial charge < -0.3 is 33.0 Å². The second-order valence-electron chi connectivity index (χ2n) is 5.65. The van der Waals surface area contributed by atoms with Crippen molar-refractivity contribution in [1.82, 2.24) is 4.98 Å². The summed E-state index contributed by atoms with van der Waals surface area (Å²) in [6.45, 7) is 0. The molecule has 0 atom stereocenters. The van der Waals surface area contributed by atoms with Crippen molar-refractivity contribution < 1.29 is 14.3 Å². The maximum absolute atomic E-state index is 11.7. The number of anilines is 3. The Balaban J connectivity index is 2.41. The minimum absolute atomic E-state index is 0.0255. The molecule has 3 amide bonds. The number of nitrogens with two attached hydrogens (primary N) is 4. The molecule has 0 aliphatic heterocycles. The van der Waals surface area contributed by atoms with Crippen molar-refractivity contribution in [3.8, 4) is 22.9 Å². The number of nitriles is 1. The quantitative estimate of drug-likeness (QED) is 0.440. The van der Waals surface area contributed by atoms with Crippen LogP contribution in [0.2, 0.25) is 0 Å². The van der Waals surface area contributed by atoms with Crippen molar-refractivity contribution in [2.45, 2.75) is 0 Å². The van der Waals surface area contributed by atoms with E-state index in [-0.39, 0.29) is 27.6 Å². The lowest BCUT2D eigenvalue weighted by molar-refractivity contribution is 0.100. The molecule has 0 spiro atoms. The van der Waals surface area contributed by atoms with Gasteiger partial charge in [0.25, 0.3) is 5.91 Å². The van der Waals surface area contributed by atoms with Crippen LogP contribution >= 0.6 is 11.3 Å². The number of fused-ring (bicyclic) bond motifs is 1. The summed E-state index contributed by atoms with van der Waals surface area (Å²) in [6.07, 6.45) is 0. The van der Waals surface area contributed by atoms with Crippen LogP contribution in [0, 0.1) is 11.3 Å². The number of thiophene rings is 1. The second-order valence-corrected chi connectivity index (χ2v) is 6.65. The Bertz CT molecular complexity index is 1180. The number of carbonyl (C=O) groups is 2. The van der Waals surface area contributed by atoms with Gasteiger partial charge in [-0.25, -0.2) is 9.78 Å². The molecule has 0 bridgehead atoms. The van der Waals surface area contributed by atoms with E-state index in [1.165, 1.54) is 7.11 Å². The van der Waals surface area contributed by atoms with E-state index >= 15 is 0 Å². The molecular weight excluding hydrogens is 382 g/mol. The first-order valence-corrected chi connectivity index (χ1v) is 8.56. The number of hydrogen-bond acceptors (Lipinski definition) is 8. The maximum atomic E-state index is 11.7. The van der Waals surface area contributed by atoms with E-state index in [9.17, 15) is 14.9 Å². The van der Waals surface area contributed by atoms with Crippen molar-refractivity contribution in [3.05, 3.63) is 28.6 Å². The van der Waals surface area contributed by atoms with Crippen molar-refractivity contribution in [3.63, 3.8) is 0 Å². The van der Waals surface area contributed by atoms with Crippen molar-refractivity contribution in [1.29, 1.82) is 5.26 Å². The number of methoxy groups -OCH3 is 1. The molecule has 9 N–H and O–H groups in total. The van der Waals surface area contributed by atoms with Gasteiger partial charge in [-0.05, 0) is 17.7 Å². The summed E-state index contributed by atoms with van der Waals surface area (Å²) in [6, 6.07) is 6.01. The second kappa shape index (κ2) is 6.93. The van der Waals surface area contributed by atoms with Crippen molar-refractivity contribution in [2.24, 2.45) is 11.5 Å². The highest BCUT2D eigenvalue weighted by Gasteiger charge is 2.24. The van der Waals surface area contributed by atoms with Crippen LogP contribution in [0.4, 0.5) is 22.0 Å². The molecule has 10 nitrogen and oxygen atoms in total. The Kier molecular flexibility index (Phi) is 4.64. The summed E-state index contributed by atoms with van der Waals surface area (Å²) >= 11 is 0.982. The molecule has 28 heavy (non-hydrogen) atoms. The number of hydrogen-bond donors (Lipinski definition) is 5. The lowest BCUT2D eigenvalue weighted by Crippen LogP contribution is -2.19. The first-order valence-electron chi connectivity index (χ1n) is 7.74. The SMILES string of the molecule is COc1ccc(-c2c(C#N)c(N)nc3sc(C(N)=O)c(N)c23)cc1NC(N)=O. The monoisotopic (exact) mass is 397 g/mol. The number of rotatable bonds is 4. The average molecular weight is 397 g/mol. The van der Waals surface area contributed by atoms with Gasteiger partial charge in [-0.15, -0.1) is 11.3 Å². The fourth-order valence-corrected chi connectivity index (χ4v) is 3.81. The van der Waals surface area contributed by atoms with Crippen molar-refractivity contribution in [2.75, 3.05) is 23.9 Å². The van der Waals surface area contributed by atoms with E-state index in [4.69, 9.17) is 27.7 Å². The zero-order valence-electron chi connectivity index (χ0n) is 14.6.